The smallest absolute Gasteiger partial charge is 0.307 e. The number of aliphatic hydroxyl groups excluding tert-OH is 1. The molecule has 0 rings (SSSR count). The molecule has 3 N–H and O–H groups in total. The first-order valence-corrected chi connectivity index (χ1v) is 5.96. The average Bonchev–Trinajstić information content (AvgIpc) is 2.16. The Labute approximate surface area is 89.1 Å². The van der Waals surface area contributed by atoms with Crippen LogP contribution in [0.3, 0.4) is 0 Å². The average molecular weight is 221 g/mol. The molecule has 0 aliphatic heterocycles. The maximum Gasteiger partial charge on any atom is 0.307 e. The molecule has 0 radical (unpaired) electrons. The number of thioether (sulfide) groups is 1. The van der Waals surface area contributed by atoms with E-state index in [1.54, 1.807) is 18.7 Å². The number of carbonyl (C=O) groups is 1. The van der Waals surface area contributed by atoms with Gasteiger partial charge in [-0.2, -0.15) is 11.8 Å². The van der Waals surface area contributed by atoms with Crippen LogP contribution in [0.25, 0.3) is 0 Å². The molecule has 0 aromatic carbocycles. The highest BCUT2D eigenvalue weighted by Crippen LogP contribution is 2.00. The van der Waals surface area contributed by atoms with Crippen LogP contribution in [-0.4, -0.2) is 47.4 Å². The molecule has 0 aromatic heterocycles. The topological polar surface area (TPSA) is 69.6 Å². The molecule has 0 fully saturated rings. The van der Waals surface area contributed by atoms with Crippen LogP contribution in [0.2, 0.25) is 0 Å². The van der Waals surface area contributed by atoms with Gasteiger partial charge in [0.2, 0.25) is 0 Å². The Kier molecular flexibility index (Phi) is 9.13. The van der Waals surface area contributed by atoms with E-state index in [1.165, 1.54) is 0 Å². The second-order valence-corrected chi connectivity index (χ2v) is 4.36. The minimum atomic E-state index is -0.759. The van der Waals surface area contributed by atoms with Gasteiger partial charge in [0.25, 0.3) is 0 Å². The Bertz CT molecular complexity index is 155. The van der Waals surface area contributed by atoms with Gasteiger partial charge < -0.3 is 15.5 Å². The van der Waals surface area contributed by atoms with Crippen molar-refractivity contribution in [2.75, 3.05) is 31.2 Å². The summed E-state index contributed by atoms with van der Waals surface area (Å²) in [5, 5.41) is 20.2. The standard InChI is InChI=1S/C9H19NO3S/c1-8(9(12)13)7-10-3-6-14-5-2-4-11/h8,10-11H,2-7H2,1H3,(H,12,13). The van der Waals surface area contributed by atoms with Gasteiger partial charge in [0.05, 0.1) is 5.92 Å². The number of carboxylic acid groups (broad SMARTS) is 1. The summed E-state index contributed by atoms with van der Waals surface area (Å²) in [7, 11) is 0. The van der Waals surface area contributed by atoms with Crippen molar-refractivity contribution in [3.63, 3.8) is 0 Å². The Morgan fingerprint density at radius 3 is 2.79 bits per heavy atom. The summed E-state index contributed by atoms with van der Waals surface area (Å²) < 4.78 is 0. The zero-order valence-electron chi connectivity index (χ0n) is 8.53. The van der Waals surface area contributed by atoms with Crippen LogP contribution in [0.1, 0.15) is 13.3 Å². The lowest BCUT2D eigenvalue weighted by molar-refractivity contribution is -0.140. The lowest BCUT2D eigenvalue weighted by atomic mass is 10.2. The molecule has 0 saturated carbocycles. The minimum Gasteiger partial charge on any atom is -0.481 e. The van der Waals surface area contributed by atoms with Crippen molar-refractivity contribution < 1.29 is 15.0 Å². The minimum absolute atomic E-state index is 0.247. The van der Waals surface area contributed by atoms with Gasteiger partial charge in [-0.25, -0.2) is 0 Å². The number of aliphatic carboxylic acids is 1. The number of hydrogen-bond donors (Lipinski definition) is 3. The maximum absolute atomic E-state index is 10.4. The molecule has 0 bridgehead atoms. The molecule has 0 heterocycles. The van der Waals surface area contributed by atoms with E-state index in [0.717, 1.165) is 24.5 Å². The van der Waals surface area contributed by atoms with Gasteiger partial charge >= 0.3 is 5.97 Å². The molecular formula is C9H19NO3S. The number of rotatable bonds is 9. The highest BCUT2D eigenvalue weighted by atomic mass is 32.2. The lowest BCUT2D eigenvalue weighted by Crippen LogP contribution is -2.27. The van der Waals surface area contributed by atoms with Crippen molar-refractivity contribution in [1.82, 2.24) is 5.32 Å². The zero-order chi connectivity index (χ0) is 10.8. The van der Waals surface area contributed by atoms with Gasteiger partial charge in [-0.15, -0.1) is 0 Å². The first-order chi connectivity index (χ1) is 6.68. The number of aliphatic hydroxyl groups is 1. The summed E-state index contributed by atoms with van der Waals surface area (Å²) in [5.74, 6) is 0.849. The van der Waals surface area contributed by atoms with Crippen molar-refractivity contribution >= 4 is 17.7 Å². The SMILES string of the molecule is CC(CNCCSCCCO)C(=O)O. The van der Waals surface area contributed by atoms with Crippen LogP contribution >= 0.6 is 11.8 Å². The van der Waals surface area contributed by atoms with Gasteiger partial charge in [0, 0.05) is 25.4 Å². The van der Waals surface area contributed by atoms with Gasteiger partial charge in [-0.3, -0.25) is 4.79 Å². The monoisotopic (exact) mass is 221 g/mol. The molecule has 0 aromatic rings. The van der Waals surface area contributed by atoms with Crippen LogP contribution in [0.5, 0.6) is 0 Å². The van der Waals surface area contributed by atoms with E-state index < -0.39 is 5.97 Å². The molecule has 0 amide bonds. The zero-order valence-corrected chi connectivity index (χ0v) is 9.35. The van der Waals surface area contributed by atoms with Crippen LogP contribution in [0, 0.1) is 5.92 Å². The Balaban J connectivity index is 3.09. The summed E-state index contributed by atoms with van der Waals surface area (Å²) in [4.78, 5) is 10.4. The van der Waals surface area contributed by atoms with Crippen molar-refractivity contribution in [1.29, 1.82) is 0 Å². The molecule has 0 saturated heterocycles. The highest BCUT2D eigenvalue weighted by Gasteiger charge is 2.08. The van der Waals surface area contributed by atoms with Crippen LogP contribution in [0.4, 0.5) is 0 Å². The fourth-order valence-electron chi connectivity index (χ4n) is 0.819. The van der Waals surface area contributed by atoms with E-state index in [-0.39, 0.29) is 12.5 Å². The molecule has 1 unspecified atom stereocenters. The predicted molar refractivity (Wildman–Crippen MR) is 58.7 cm³/mol. The first-order valence-electron chi connectivity index (χ1n) is 4.80. The third kappa shape index (κ3) is 8.34. The summed E-state index contributed by atoms with van der Waals surface area (Å²) in [6.07, 6.45) is 0.830. The quantitative estimate of drug-likeness (QED) is 0.492. The van der Waals surface area contributed by atoms with Crippen molar-refractivity contribution in [3.05, 3.63) is 0 Å². The Morgan fingerprint density at radius 1 is 1.50 bits per heavy atom. The highest BCUT2D eigenvalue weighted by molar-refractivity contribution is 7.99. The van der Waals surface area contributed by atoms with E-state index in [4.69, 9.17) is 10.2 Å². The van der Waals surface area contributed by atoms with Gasteiger partial charge in [-0.1, -0.05) is 6.92 Å². The molecule has 0 spiro atoms. The van der Waals surface area contributed by atoms with Crippen molar-refractivity contribution in [3.8, 4) is 0 Å². The van der Waals surface area contributed by atoms with Gasteiger partial charge in [-0.05, 0) is 12.2 Å². The molecule has 84 valence electrons. The Hall–Kier alpha value is -0.260. The first kappa shape index (κ1) is 13.7. The van der Waals surface area contributed by atoms with E-state index in [1.807, 2.05) is 0 Å². The summed E-state index contributed by atoms with van der Waals surface area (Å²) in [5.41, 5.74) is 0. The number of hydrogen-bond acceptors (Lipinski definition) is 4. The third-order valence-electron chi connectivity index (χ3n) is 1.74. The summed E-state index contributed by atoms with van der Waals surface area (Å²) in [6.45, 7) is 3.29. The molecular weight excluding hydrogens is 202 g/mol. The predicted octanol–water partition coefficient (Wildman–Crippen LogP) is 0.412. The summed E-state index contributed by atoms with van der Waals surface area (Å²) in [6, 6.07) is 0. The maximum atomic E-state index is 10.4. The van der Waals surface area contributed by atoms with Crippen molar-refractivity contribution in [2.24, 2.45) is 5.92 Å². The molecule has 4 nitrogen and oxygen atoms in total. The van der Waals surface area contributed by atoms with Gasteiger partial charge in [0.15, 0.2) is 0 Å². The Morgan fingerprint density at radius 2 is 2.21 bits per heavy atom. The summed E-state index contributed by atoms with van der Waals surface area (Å²) >= 11 is 1.77. The fraction of sp³-hybridized carbons (Fsp3) is 0.889. The number of nitrogens with one attached hydrogen (secondary N) is 1. The second kappa shape index (κ2) is 9.30. The number of carboxylic acids is 1. The van der Waals surface area contributed by atoms with E-state index in [2.05, 4.69) is 5.32 Å². The molecule has 1 atom stereocenters. The van der Waals surface area contributed by atoms with Crippen LogP contribution in [0.15, 0.2) is 0 Å². The third-order valence-corrected chi connectivity index (χ3v) is 2.81. The van der Waals surface area contributed by atoms with Gasteiger partial charge in [0.1, 0.15) is 0 Å². The largest absolute Gasteiger partial charge is 0.481 e. The second-order valence-electron chi connectivity index (χ2n) is 3.13. The van der Waals surface area contributed by atoms with E-state index in [0.29, 0.717) is 6.54 Å². The molecule has 5 heteroatoms. The fourth-order valence-corrected chi connectivity index (χ4v) is 1.64. The molecule has 0 aliphatic rings. The van der Waals surface area contributed by atoms with E-state index in [9.17, 15) is 4.79 Å². The molecule has 14 heavy (non-hydrogen) atoms. The van der Waals surface area contributed by atoms with Crippen LogP contribution < -0.4 is 5.32 Å². The lowest BCUT2D eigenvalue weighted by Gasteiger charge is -2.07. The molecule has 0 aliphatic carbocycles. The van der Waals surface area contributed by atoms with Crippen LogP contribution in [-0.2, 0) is 4.79 Å². The normalized spacial score (nSPS) is 12.7. The van der Waals surface area contributed by atoms with E-state index >= 15 is 0 Å². The van der Waals surface area contributed by atoms with Crippen molar-refractivity contribution in [2.45, 2.75) is 13.3 Å².